The molecule has 0 bridgehead atoms. The molecule has 2 saturated heterocycles. The van der Waals surface area contributed by atoms with Crippen molar-refractivity contribution in [3.05, 3.63) is 0 Å². The number of carbonyl (C=O) groups excluding carboxylic acids is 1. The molecule has 1 aromatic rings. The topological polar surface area (TPSA) is 173 Å². The Morgan fingerprint density at radius 1 is 1.58 bits per heavy atom. The average molecular weight is 424 g/mol. The first-order valence-corrected chi connectivity index (χ1v) is 11.1. The van der Waals surface area contributed by atoms with Crippen LogP contribution in [0, 0.1) is 5.41 Å². The van der Waals surface area contributed by atoms with Crippen LogP contribution in [0.2, 0.25) is 0 Å². The van der Waals surface area contributed by atoms with E-state index in [1.54, 1.807) is 0 Å². The number of aromatic nitrogens is 4. The Balaban J connectivity index is 1.72. The van der Waals surface area contributed by atoms with Crippen LogP contribution in [0.25, 0.3) is 0 Å². The van der Waals surface area contributed by atoms with Crippen LogP contribution < -0.4 is 10.5 Å². The van der Waals surface area contributed by atoms with Crippen LogP contribution in [-0.4, -0.2) is 87.0 Å². The minimum atomic E-state index is -3.59. The first kappa shape index (κ1) is 19.3. The van der Waals surface area contributed by atoms with Crippen molar-refractivity contribution in [3.63, 3.8) is 0 Å². The predicted octanol–water partition coefficient (Wildman–Crippen LogP) is -2.41. The number of sulfonamides is 1. The molecule has 0 aromatic carbocycles. The van der Waals surface area contributed by atoms with E-state index >= 15 is 0 Å². The largest absolute Gasteiger partial charge is 0.481 e. The summed E-state index contributed by atoms with van der Waals surface area (Å²) >= 11 is 2.38. The van der Waals surface area contributed by atoms with Gasteiger partial charge in [-0.15, -0.1) is 16.9 Å². The Labute approximate surface area is 157 Å². The normalized spacial score (nSPS) is 28.5. The number of hydrogen-bond donors (Lipinski definition) is 3. The number of nitrogens with one attached hydrogen (secondary N) is 1. The molecular weight excluding hydrogens is 406 g/mol. The van der Waals surface area contributed by atoms with Crippen molar-refractivity contribution in [1.82, 2.24) is 29.8 Å². The second-order valence-corrected chi connectivity index (χ2v) is 9.92. The summed E-state index contributed by atoms with van der Waals surface area (Å²) in [5, 5.41) is 20.6. The van der Waals surface area contributed by atoms with E-state index < -0.39 is 33.3 Å². The van der Waals surface area contributed by atoms with Gasteiger partial charge in [0, 0.05) is 18.1 Å². The number of rotatable bonds is 7. The van der Waals surface area contributed by atoms with Gasteiger partial charge in [-0.05, 0) is 17.5 Å². The molecule has 3 atom stereocenters. The number of amides is 1. The maximum absolute atomic E-state index is 11.9. The molecule has 2 aliphatic heterocycles. The van der Waals surface area contributed by atoms with Crippen molar-refractivity contribution >= 4 is 45.4 Å². The summed E-state index contributed by atoms with van der Waals surface area (Å²) in [5.41, 5.74) is 4.53. The minimum Gasteiger partial charge on any atom is -0.481 e. The van der Waals surface area contributed by atoms with E-state index in [0.29, 0.717) is 0 Å². The predicted molar refractivity (Wildman–Crippen MR) is 92.5 cm³/mol. The summed E-state index contributed by atoms with van der Waals surface area (Å²) in [4.78, 5) is 25.2. The Hall–Kier alpha value is -1.42. The lowest BCUT2D eigenvalue weighted by atomic mass is 9.89. The molecule has 1 aromatic heterocycles. The fraction of sp³-hybridized carbons (Fsp3) is 0.727. The summed E-state index contributed by atoms with van der Waals surface area (Å²) in [6.07, 6.45) is 0. The molecule has 26 heavy (non-hydrogen) atoms. The molecule has 1 amide bonds. The summed E-state index contributed by atoms with van der Waals surface area (Å²) in [6.45, 7) is 0.0515. The van der Waals surface area contributed by atoms with Crippen LogP contribution in [0.5, 0.6) is 0 Å². The molecule has 2 aliphatic rings. The molecule has 0 spiro atoms. The van der Waals surface area contributed by atoms with Gasteiger partial charge in [0.1, 0.15) is 16.8 Å². The van der Waals surface area contributed by atoms with Gasteiger partial charge in [-0.3, -0.25) is 9.59 Å². The molecule has 3 heterocycles. The first-order chi connectivity index (χ1) is 12.2. The van der Waals surface area contributed by atoms with Crippen molar-refractivity contribution in [1.29, 1.82) is 0 Å². The van der Waals surface area contributed by atoms with Crippen LogP contribution in [-0.2, 0) is 25.5 Å². The van der Waals surface area contributed by atoms with E-state index in [1.807, 2.05) is 0 Å². The number of carbonyl (C=O) groups is 2. The summed E-state index contributed by atoms with van der Waals surface area (Å²) in [7, 11) is -2.32. The number of thioether (sulfide) groups is 2. The summed E-state index contributed by atoms with van der Waals surface area (Å²) in [6, 6.07) is -0.585. The van der Waals surface area contributed by atoms with E-state index in [-0.39, 0.29) is 34.5 Å². The zero-order valence-electron chi connectivity index (χ0n) is 13.6. The quantitative estimate of drug-likeness (QED) is 0.315. The van der Waals surface area contributed by atoms with Crippen LogP contribution in [0.1, 0.15) is 0 Å². The van der Waals surface area contributed by atoms with E-state index in [2.05, 4.69) is 20.2 Å². The number of aliphatic carboxylic acids is 1. The highest BCUT2D eigenvalue weighted by Crippen LogP contribution is 2.43. The maximum atomic E-state index is 11.9. The van der Waals surface area contributed by atoms with Crippen LogP contribution in [0.15, 0.2) is 5.16 Å². The molecular formula is C11H17N7O5S3. The number of tetrazole rings is 1. The van der Waals surface area contributed by atoms with E-state index in [1.165, 1.54) is 23.7 Å². The Kier molecular flexibility index (Phi) is 5.17. The fourth-order valence-electron chi connectivity index (χ4n) is 2.62. The van der Waals surface area contributed by atoms with Gasteiger partial charge in [0.2, 0.25) is 21.1 Å². The van der Waals surface area contributed by atoms with Gasteiger partial charge in [0.15, 0.2) is 5.88 Å². The van der Waals surface area contributed by atoms with Crippen molar-refractivity contribution in [2.24, 2.45) is 11.1 Å². The maximum Gasteiger partial charge on any atom is 0.313 e. The van der Waals surface area contributed by atoms with Crippen molar-refractivity contribution in [2.75, 3.05) is 25.1 Å². The fourth-order valence-corrected chi connectivity index (χ4v) is 6.01. The standard InChI is InChI=1S/C11H17N7O5S3/c1-13-26(22,23)5-18-10(14-15-16-18)25-4-11(9(20)21)2-17-7(19)6(12)8(17)24-3-11/h6,8,13H,2-5,12H2,1H3,(H,20,21)/t6?,8-,11?/m1/s1. The number of carboxylic acids is 1. The molecule has 2 unspecified atom stereocenters. The third kappa shape index (κ3) is 3.40. The summed E-state index contributed by atoms with van der Waals surface area (Å²) < 4.78 is 26.6. The summed E-state index contributed by atoms with van der Waals surface area (Å²) in [5.74, 6) is -1.40. The second-order valence-electron chi connectivity index (χ2n) is 5.98. The molecule has 12 nitrogen and oxygen atoms in total. The lowest BCUT2D eigenvalue weighted by Crippen LogP contribution is -2.72. The highest BCUT2D eigenvalue weighted by Gasteiger charge is 2.55. The van der Waals surface area contributed by atoms with Crippen molar-refractivity contribution < 1.29 is 23.1 Å². The molecule has 0 saturated carbocycles. The number of nitrogens with zero attached hydrogens (tertiary/aromatic N) is 5. The van der Waals surface area contributed by atoms with Crippen molar-refractivity contribution in [3.8, 4) is 0 Å². The van der Waals surface area contributed by atoms with E-state index in [9.17, 15) is 23.1 Å². The highest BCUT2D eigenvalue weighted by atomic mass is 32.2. The first-order valence-electron chi connectivity index (χ1n) is 7.40. The zero-order valence-corrected chi connectivity index (χ0v) is 16.1. The lowest BCUT2D eigenvalue weighted by Gasteiger charge is -2.52. The average Bonchev–Trinajstić information content (AvgIpc) is 3.05. The molecule has 0 aliphatic carbocycles. The lowest BCUT2D eigenvalue weighted by molar-refractivity contribution is -0.155. The highest BCUT2D eigenvalue weighted by molar-refractivity contribution is 8.00. The van der Waals surface area contributed by atoms with Gasteiger partial charge in [-0.1, -0.05) is 11.8 Å². The number of hydrogen-bond acceptors (Lipinski definition) is 10. The van der Waals surface area contributed by atoms with Crippen LogP contribution in [0.3, 0.4) is 0 Å². The second kappa shape index (κ2) is 6.95. The van der Waals surface area contributed by atoms with Gasteiger partial charge in [-0.25, -0.2) is 17.8 Å². The Morgan fingerprint density at radius 3 is 2.96 bits per heavy atom. The van der Waals surface area contributed by atoms with Crippen LogP contribution in [0.4, 0.5) is 0 Å². The SMILES string of the molecule is CNS(=O)(=O)Cn1nnnc1SCC1(C(=O)O)CS[C@@H]2C(N)C(=O)N2C1. The third-order valence-corrected chi connectivity index (χ3v) is 8.28. The molecule has 15 heteroatoms. The zero-order chi connectivity index (χ0) is 19.1. The van der Waals surface area contributed by atoms with Gasteiger partial charge < -0.3 is 15.7 Å². The molecule has 4 N–H and O–H groups in total. The van der Waals surface area contributed by atoms with Gasteiger partial charge in [0.05, 0.1) is 0 Å². The number of fused-ring (bicyclic) bond motifs is 1. The molecule has 0 radical (unpaired) electrons. The van der Waals surface area contributed by atoms with Gasteiger partial charge in [-0.2, -0.15) is 0 Å². The Bertz CT molecular complexity index is 830. The minimum absolute atomic E-state index is 0.0515. The molecule has 3 rings (SSSR count). The van der Waals surface area contributed by atoms with Crippen LogP contribution >= 0.6 is 23.5 Å². The van der Waals surface area contributed by atoms with Gasteiger partial charge in [0.25, 0.3) is 0 Å². The Morgan fingerprint density at radius 2 is 2.31 bits per heavy atom. The number of nitrogens with two attached hydrogens (primary N) is 1. The monoisotopic (exact) mass is 423 g/mol. The van der Waals surface area contributed by atoms with Crippen molar-refractivity contribution in [2.45, 2.75) is 22.4 Å². The molecule has 2 fully saturated rings. The number of β-lactam (4-membered cyclic amide) rings is 1. The molecule has 144 valence electrons. The van der Waals surface area contributed by atoms with E-state index in [4.69, 9.17) is 5.73 Å². The third-order valence-electron chi connectivity index (χ3n) is 4.22. The smallest absolute Gasteiger partial charge is 0.313 e. The van der Waals surface area contributed by atoms with E-state index in [0.717, 1.165) is 16.4 Å². The number of carboxylic acid groups (broad SMARTS) is 1. The van der Waals surface area contributed by atoms with Gasteiger partial charge >= 0.3 is 5.97 Å².